The van der Waals surface area contributed by atoms with Crippen LogP contribution < -0.4 is 14.9 Å². The van der Waals surface area contributed by atoms with Gasteiger partial charge < -0.3 is 18.8 Å². The lowest BCUT2D eigenvalue weighted by Gasteiger charge is -2.26. The molecule has 7 heteroatoms. The highest BCUT2D eigenvalue weighted by molar-refractivity contribution is 6.31. The predicted octanol–water partition coefficient (Wildman–Crippen LogP) is 6.78. The standard InChI is InChI=1S/C32H24ClNO5/c1-37-27-16-22(12-14-26(27)38-19-21-10-6-3-7-11-21)29-28-30(35)24-17-23(33)13-15-25(24)39-31(28)32(36)34(29)18-20-8-4-2-5-9-20/h2-17,29H,18-19H2,1H3. The van der Waals surface area contributed by atoms with Gasteiger partial charge in [0, 0.05) is 11.6 Å². The minimum absolute atomic E-state index is 0.0409. The van der Waals surface area contributed by atoms with Gasteiger partial charge in [0.2, 0.25) is 5.76 Å². The first-order valence-electron chi connectivity index (χ1n) is 12.5. The first-order chi connectivity index (χ1) is 19.0. The monoisotopic (exact) mass is 537 g/mol. The van der Waals surface area contributed by atoms with Crippen LogP contribution in [-0.4, -0.2) is 17.9 Å². The Bertz CT molecular complexity index is 1730. The minimum atomic E-state index is -0.690. The Morgan fingerprint density at radius 2 is 1.56 bits per heavy atom. The van der Waals surface area contributed by atoms with E-state index in [1.54, 1.807) is 36.3 Å². The van der Waals surface area contributed by atoms with Gasteiger partial charge in [-0.1, -0.05) is 78.3 Å². The molecule has 194 valence electrons. The maximum Gasteiger partial charge on any atom is 0.291 e. The molecule has 0 saturated heterocycles. The first kappa shape index (κ1) is 24.8. The lowest BCUT2D eigenvalue weighted by molar-refractivity contribution is 0.0714. The smallest absolute Gasteiger partial charge is 0.291 e. The zero-order valence-corrected chi connectivity index (χ0v) is 21.9. The quantitative estimate of drug-likeness (QED) is 0.229. The van der Waals surface area contributed by atoms with E-state index >= 15 is 0 Å². The van der Waals surface area contributed by atoms with Crippen molar-refractivity contribution in [3.05, 3.63) is 140 Å². The third-order valence-electron chi connectivity index (χ3n) is 6.86. The molecule has 4 aromatic carbocycles. The second-order valence-corrected chi connectivity index (χ2v) is 9.76. The van der Waals surface area contributed by atoms with E-state index in [1.165, 1.54) is 0 Å². The van der Waals surface area contributed by atoms with Crippen molar-refractivity contribution in [1.29, 1.82) is 0 Å². The topological polar surface area (TPSA) is 69.0 Å². The van der Waals surface area contributed by atoms with E-state index in [-0.39, 0.29) is 22.7 Å². The fraction of sp³-hybridized carbons (Fsp3) is 0.125. The molecule has 1 aliphatic heterocycles. The normalized spacial score (nSPS) is 14.5. The maximum absolute atomic E-state index is 13.8. The van der Waals surface area contributed by atoms with Crippen LogP contribution in [-0.2, 0) is 13.2 Å². The van der Waals surface area contributed by atoms with Crippen molar-refractivity contribution in [3.8, 4) is 11.5 Å². The molecule has 1 aliphatic rings. The summed E-state index contributed by atoms with van der Waals surface area (Å²) in [4.78, 5) is 29.2. The molecule has 1 atom stereocenters. The number of fused-ring (bicyclic) bond motifs is 2. The van der Waals surface area contributed by atoms with Crippen molar-refractivity contribution in [1.82, 2.24) is 4.90 Å². The Kier molecular flexibility index (Phi) is 6.55. The number of carbonyl (C=O) groups excluding carboxylic acids is 1. The molecule has 1 amide bonds. The highest BCUT2D eigenvalue weighted by atomic mass is 35.5. The van der Waals surface area contributed by atoms with E-state index in [4.69, 9.17) is 25.5 Å². The van der Waals surface area contributed by atoms with Crippen LogP contribution in [0.3, 0.4) is 0 Å². The lowest BCUT2D eigenvalue weighted by atomic mass is 9.97. The fourth-order valence-electron chi connectivity index (χ4n) is 4.99. The van der Waals surface area contributed by atoms with Crippen LogP contribution in [0.25, 0.3) is 11.0 Å². The second-order valence-electron chi connectivity index (χ2n) is 9.32. The number of nitrogens with zero attached hydrogens (tertiary/aromatic N) is 1. The molecular formula is C32H24ClNO5. The van der Waals surface area contributed by atoms with Crippen LogP contribution in [0.2, 0.25) is 5.02 Å². The molecule has 0 N–H and O–H groups in total. The molecule has 6 rings (SSSR count). The minimum Gasteiger partial charge on any atom is -0.493 e. The molecule has 5 aromatic rings. The average Bonchev–Trinajstić information content (AvgIpc) is 3.24. The van der Waals surface area contributed by atoms with Crippen LogP contribution in [0.5, 0.6) is 11.5 Å². The average molecular weight is 538 g/mol. The third-order valence-corrected chi connectivity index (χ3v) is 7.10. The number of halogens is 1. The number of ether oxygens (including phenoxy) is 2. The van der Waals surface area contributed by atoms with Gasteiger partial charge >= 0.3 is 0 Å². The van der Waals surface area contributed by atoms with Gasteiger partial charge in [-0.25, -0.2) is 0 Å². The van der Waals surface area contributed by atoms with Gasteiger partial charge in [0.15, 0.2) is 16.9 Å². The molecule has 1 aromatic heterocycles. The number of methoxy groups -OCH3 is 1. The zero-order valence-electron chi connectivity index (χ0n) is 21.1. The van der Waals surface area contributed by atoms with Crippen molar-refractivity contribution in [2.75, 3.05) is 7.11 Å². The molecule has 2 heterocycles. The largest absolute Gasteiger partial charge is 0.493 e. The van der Waals surface area contributed by atoms with Crippen LogP contribution in [0, 0.1) is 0 Å². The molecule has 39 heavy (non-hydrogen) atoms. The van der Waals surface area contributed by atoms with E-state index in [0.29, 0.717) is 46.2 Å². The highest BCUT2D eigenvalue weighted by Crippen LogP contribution is 2.42. The summed E-state index contributed by atoms with van der Waals surface area (Å²) in [7, 11) is 1.56. The summed E-state index contributed by atoms with van der Waals surface area (Å²) in [6, 6.07) is 29.1. The van der Waals surface area contributed by atoms with Crippen LogP contribution in [0.1, 0.15) is 38.9 Å². The molecular weight excluding hydrogens is 514 g/mol. The summed E-state index contributed by atoms with van der Waals surface area (Å²) in [5, 5.41) is 0.744. The van der Waals surface area contributed by atoms with Gasteiger partial charge in [-0.15, -0.1) is 0 Å². The summed E-state index contributed by atoms with van der Waals surface area (Å²) in [5.41, 5.74) is 2.97. The van der Waals surface area contributed by atoms with Crippen LogP contribution in [0.4, 0.5) is 0 Å². The van der Waals surface area contributed by atoms with Crippen molar-refractivity contribution in [2.45, 2.75) is 19.2 Å². The van der Waals surface area contributed by atoms with Crippen molar-refractivity contribution >= 4 is 28.5 Å². The Morgan fingerprint density at radius 3 is 2.28 bits per heavy atom. The van der Waals surface area contributed by atoms with Crippen LogP contribution >= 0.6 is 11.6 Å². The lowest BCUT2D eigenvalue weighted by Crippen LogP contribution is -2.29. The Labute approximate surface area is 230 Å². The number of rotatable bonds is 7. The molecule has 6 nitrogen and oxygen atoms in total. The summed E-state index contributed by atoms with van der Waals surface area (Å²) < 4.78 is 17.7. The second kappa shape index (κ2) is 10.3. The number of hydrogen-bond acceptors (Lipinski definition) is 5. The van der Waals surface area contributed by atoms with Crippen LogP contribution in [0.15, 0.2) is 106 Å². The van der Waals surface area contributed by atoms with Crippen molar-refractivity contribution in [3.63, 3.8) is 0 Å². The van der Waals surface area contributed by atoms with Gasteiger partial charge in [0.25, 0.3) is 5.91 Å². The van der Waals surface area contributed by atoms with E-state index in [0.717, 1.165) is 11.1 Å². The molecule has 0 spiro atoms. The van der Waals surface area contributed by atoms with E-state index < -0.39 is 6.04 Å². The van der Waals surface area contributed by atoms with Gasteiger partial charge in [-0.3, -0.25) is 9.59 Å². The predicted molar refractivity (Wildman–Crippen MR) is 149 cm³/mol. The molecule has 0 bridgehead atoms. The maximum atomic E-state index is 13.8. The number of benzene rings is 4. The molecule has 0 aliphatic carbocycles. The Hall–Kier alpha value is -4.55. The number of hydrogen-bond donors (Lipinski definition) is 0. The van der Waals surface area contributed by atoms with Gasteiger partial charge in [-0.05, 0) is 47.0 Å². The fourth-order valence-corrected chi connectivity index (χ4v) is 5.16. The first-order valence-corrected chi connectivity index (χ1v) is 12.9. The molecule has 0 radical (unpaired) electrons. The Balaban J connectivity index is 1.45. The SMILES string of the molecule is COc1cc(C2c3c(oc4ccc(Cl)cc4c3=O)C(=O)N2Cc2ccccc2)ccc1OCc1ccccc1. The number of amides is 1. The Morgan fingerprint density at radius 1 is 0.846 bits per heavy atom. The summed E-state index contributed by atoms with van der Waals surface area (Å²) >= 11 is 6.20. The third kappa shape index (κ3) is 4.64. The summed E-state index contributed by atoms with van der Waals surface area (Å²) in [5.74, 6) is 0.745. The number of carbonyl (C=O) groups is 1. The zero-order chi connectivity index (χ0) is 26.9. The summed E-state index contributed by atoms with van der Waals surface area (Å²) in [6.07, 6.45) is 0. The van der Waals surface area contributed by atoms with E-state index in [2.05, 4.69) is 0 Å². The van der Waals surface area contributed by atoms with Gasteiger partial charge in [0.1, 0.15) is 12.2 Å². The van der Waals surface area contributed by atoms with Crippen molar-refractivity contribution in [2.24, 2.45) is 0 Å². The molecule has 1 unspecified atom stereocenters. The van der Waals surface area contributed by atoms with Gasteiger partial charge in [-0.2, -0.15) is 0 Å². The highest BCUT2D eigenvalue weighted by Gasteiger charge is 2.43. The van der Waals surface area contributed by atoms with E-state index in [1.807, 2.05) is 72.8 Å². The summed E-state index contributed by atoms with van der Waals surface area (Å²) in [6.45, 7) is 0.664. The molecule has 0 fully saturated rings. The van der Waals surface area contributed by atoms with E-state index in [9.17, 15) is 9.59 Å². The van der Waals surface area contributed by atoms with Crippen molar-refractivity contribution < 1.29 is 18.7 Å². The molecule has 0 saturated carbocycles. The van der Waals surface area contributed by atoms with Gasteiger partial charge in [0.05, 0.1) is 24.1 Å².